The standard InChI is InChI=1S/C20H27N3O3S/c21-18-7-9-20(10-8-18)27(24,25)22-16-17-5-4-6-19(15-17)26-14-13-23-11-2-1-3-12-23/h4-10,15,22H,1-3,11-14,16,21H2. The van der Waals surface area contributed by atoms with Crippen LogP contribution in [0.1, 0.15) is 24.8 Å². The Morgan fingerprint density at radius 1 is 1.04 bits per heavy atom. The molecule has 2 aromatic rings. The van der Waals surface area contributed by atoms with Crippen LogP contribution in [-0.2, 0) is 16.6 Å². The first-order chi connectivity index (χ1) is 13.0. The fourth-order valence-corrected chi connectivity index (χ4v) is 4.15. The molecular formula is C20H27N3O3S. The summed E-state index contributed by atoms with van der Waals surface area (Å²) in [5.41, 5.74) is 6.99. The van der Waals surface area contributed by atoms with Crippen LogP contribution in [0.15, 0.2) is 53.4 Å². The van der Waals surface area contributed by atoms with E-state index in [0.717, 1.165) is 30.9 Å². The zero-order valence-corrected chi connectivity index (χ0v) is 16.2. The van der Waals surface area contributed by atoms with E-state index >= 15 is 0 Å². The number of nitrogen functional groups attached to an aromatic ring is 1. The third-order valence-corrected chi connectivity index (χ3v) is 6.10. The molecule has 0 saturated carbocycles. The van der Waals surface area contributed by atoms with Gasteiger partial charge in [-0.1, -0.05) is 18.6 Å². The van der Waals surface area contributed by atoms with Gasteiger partial charge in [-0.25, -0.2) is 13.1 Å². The molecule has 0 amide bonds. The van der Waals surface area contributed by atoms with E-state index in [4.69, 9.17) is 10.5 Å². The van der Waals surface area contributed by atoms with E-state index < -0.39 is 10.0 Å². The van der Waals surface area contributed by atoms with Crippen LogP contribution in [-0.4, -0.2) is 39.6 Å². The maximum absolute atomic E-state index is 12.4. The van der Waals surface area contributed by atoms with Gasteiger partial charge in [-0.2, -0.15) is 0 Å². The number of hydrogen-bond acceptors (Lipinski definition) is 5. The average molecular weight is 390 g/mol. The van der Waals surface area contributed by atoms with Gasteiger partial charge in [0.1, 0.15) is 12.4 Å². The van der Waals surface area contributed by atoms with E-state index in [9.17, 15) is 8.42 Å². The number of nitrogens with two attached hydrogens (primary N) is 1. The van der Waals surface area contributed by atoms with E-state index in [1.165, 1.54) is 31.4 Å². The molecule has 146 valence electrons. The van der Waals surface area contributed by atoms with Gasteiger partial charge >= 0.3 is 0 Å². The normalized spacial score (nSPS) is 15.6. The second-order valence-electron chi connectivity index (χ2n) is 6.79. The predicted octanol–water partition coefficient (Wildman–Crippen LogP) is 2.61. The number of piperidine rings is 1. The third kappa shape index (κ3) is 5.95. The quantitative estimate of drug-likeness (QED) is 0.678. The van der Waals surface area contributed by atoms with Gasteiger partial charge in [-0.3, -0.25) is 4.90 Å². The molecule has 7 heteroatoms. The average Bonchev–Trinajstić information content (AvgIpc) is 2.68. The van der Waals surface area contributed by atoms with Crippen LogP contribution in [0.25, 0.3) is 0 Å². The number of nitrogens with one attached hydrogen (secondary N) is 1. The lowest BCUT2D eigenvalue weighted by atomic mass is 10.1. The molecule has 3 rings (SSSR count). The van der Waals surface area contributed by atoms with Crippen LogP contribution in [0.4, 0.5) is 5.69 Å². The Kier molecular flexibility index (Phi) is 6.71. The molecule has 1 aliphatic heterocycles. The Morgan fingerprint density at radius 2 is 1.78 bits per heavy atom. The zero-order chi connectivity index (χ0) is 19.1. The molecule has 27 heavy (non-hydrogen) atoms. The summed E-state index contributed by atoms with van der Waals surface area (Å²) in [6.45, 7) is 4.07. The smallest absolute Gasteiger partial charge is 0.240 e. The molecule has 1 aliphatic rings. The number of sulfonamides is 1. The lowest BCUT2D eigenvalue weighted by Gasteiger charge is -2.26. The fourth-order valence-electron chi connectivity index (χ4n) is 3.13. The summed E-state index contributed by atoms with van der Waals surface area (Å²) >= 11 is 0. The van der Waals surface area contributed by atoms with Crippen molar-refractivity contribution in [2.75, 3.05) is 32.0 Å². The molecule has 0 radical (unpaired) electrons. The van der Waals surface area contributed by atoms with Crippen LogP contribution in [0, 0.1) is 0 Å². The molecule has 2 aromatic carbocycles. The van der Waals surface area contributed by atoms with Crippen molar-refractivity contribution in [3.05, 3.63) is 54.1 Å². The Hall–Kier alpha value is -2.09. The Morgan fingerprint density at radius 3 is 2.52 bits per heavy atom. The van der Waals surface area contributed by atoms with Crippen molar-refractivity contribution >= 4 is 15.7 Å². The highest BCUT2D eigenvalue weighted by Crippen LogP contribution is 2.16. The topological polar surface area (TPSA) is 84.7 Å². The molecule has 6 nitrogen and oxygen atoms in total. The molecule has 3 N–H and O–H groups in total. The van der Waals surface area contributed by atoms with Gasteiger partial charge in [0.05, 0.1) is 4.90 Å². The van der Waals surface area contributed by atoms with Gasteiger partial charge in [0, 0.05) is 18.8 Å². The van der Waals surface area contributed by atoms with Gasteiger partial charge < -0.3 is 10.5 Å². The van der Waals surface area contributed by atoms with Gasteiger partial charge in [0.25, 0.3) is 0 Å². The molecule has 1 saturated heterocycles. The molecular weight excluding hydrogens is 362 g/mol. The molecule has 1 heterocycles. The first-order valence-electron chi connectivity index (χ1n) is 9.32. The fraction of sp³-hybridized carbons (Fsp3) is 0.400. The first-order valence-corrected chi connectivity index (χ1v) is 10.8. The SMILES string of the molecule is Nc1ccc(S(=O)(=O)NCc2cccc(OCCN3CCCCC3)c2)cc1. The zero-order valence-electron chi connectivity index (χ0n) is 15.4. The van der Waals surface area contributed by atoms with Crippen molar-refractivity contribution in [2.24, 2.45) is 0 Å². The van der Waals surface area contributed by atoms with Crippen LogP contribution in [0.2, 0.25) is 0 Å². The second kappa shape index (κ2) is 9.21. The van der Waals surface area contributed by atoms with Crippen LogP contribution < -0.4 is 15.2 Å². The van der Waals surface area contributed by atoms with Crippen molar-refractivity contribution < 1.29 is 13.2 Å². The minimum Gasteiger partial charge on any atom is -0.492 e. The molecule has 0 atom stereocenters. The number of ether oxygens (including phenoxy) is 1. The summed E-state index contributed by atoms with van der Waals surface area (Å²) < 4.78 is 33.2. The minimum absolute atomic E-state index is 0.200. The summed E-state index contributed by atoms with van der Waals surface area (Å²) in [5, 5.41) is 0. The van der Waals surface area contributed by atoms with Gasteiger partial charge in [-0.05, 0) is 67.9 Å². The van der Waals surface area contributed by atoms with Gasteiger partial charge in [0.15, 0.2) is 0 Å². The minimum atomic E-state index is -3.57. The Balaban J connectivity index is 1.51. The van der Waals surface area contributed by atoms with Crippen LogP contribution >= 0.6 is 0 Å². The highest BCUT2D eigenvalue weighted by Gasteiger charge is 2.13. The molecule has 1 fully saturated rings. The van der Waals surface area contributed by atoms with Crippen molar-refractivity contribution in [1.29, 1.82) is 0 Å². The number of nitrogens with zero attached hydrogens (tertiary/aromatic N) is 1. The van der Waals surface area contributed by atoms with E-state index in [2.05, 4.69) is 9.62 Å². The summed E-state index contributed by atoms with van der Waals surface area (Å²) in [5.74, 6) is 0.760. The van der Waals surface area contributed by atoms with E-state index in [-0.39, 0.29) is 11.4 Å². The van der Waals surface area contributed by atoms with Crippen molar-refractivity contribution in [1.82, 2.24) is 9.62 Å². The van der Waals surface area contributed by atoms with E-state index in [1.807, 2.05) is 24.3 Å². The van der Waals surface area contributed by atoms with Gasteiger partial charge in [-0.15, -0.1) is 0 Å². The molecule has 0 bridgehead atoms. The number of likely N-dealkylation sites (tertiary alicyclic amines) is 1. The maximum atomic E-state index is 12.4. The highest BCUT2D eigenvalue weighted by molar-refractivity contribution is 7.89. The lowest BCUT2D eigenvalue weighted by molar-refractivity contribution is 0.183. The van der Waals surface area contributed by atoms with E-state index in [1.54, 1.807) is 12.1 Å². The number of hydrogen-bond donors (Lipinski definition) is 2. The summed E-state index contributed by atoms with van der Waals surface area (Å²) in [6.07, 6.45) is 3.86. The second-order valence-corrected chi connectivity index (χ2v) is 8.56. The Bertz CT molecular complexity index is 832. The maximum Gasteiger partial charge on any atom is 0.240 e. The lowest BCUT2D eigenvalue weighted by Crippen LogP contribution is -2.33. The van der Waals surface area contributed by atoms with Crippen LogP contribution in [0.3, 0.4) is 0 Å². The molecule has 0 aromatic heterocycles. The summed E-state index contributed by atoms with van der Waals surface area (Å²) in [4.78, 5) is 2.62. The third-order valence-electron chi connectivity index (χ3n) is 4.68. The molecule has 0 aliphatic carbocycles. The predicted molar refractivity (Wildman–Crippen MR) is 107 cm³/mol. The number of benzene rings is 2. The summed E-state index contributed by atoms with van der Waals surface area (Å²) in [7, 11) is -3.57. The van der Waals surface area contributed by atoms with E-state index in [0.29, 0.717) is 12.3 Å². The van der Waals surface area contributed by atoms with Crippen molar-refractivity contribution in [3.8, 4) is 5.75 Å². The number of rotatable bonds is 8. The highest BCUT2D eigenvalue weighted by atomic mass is 32.2. The monoisotopic (exact) mass is 389 g/mol. The molecule has 0 spiro atoms. The van der Waals surface area contributed by atoms with Crippen molar-refractivity contribution in [2.45, 2.75) is 30.7 Å². The summed E-state index contributed by atoms with van der Waals surface area (Å²) in [6, 6.07) is 13.7. The Labute approximate surface area is 161 Å². The first kappa shape index (κ1) is 19.7. The molecule has 0 unspecified atom stereocenters. The largest absolute Gasteiger partial charge is 0.492 e. The van der Waals surface area contributed by atoms with Crippen LogP contribution in [0.5, 0.6) is 5.75 Å². The van der Waals surface area contributed by atoms with Crippen molar-refractivity contribution in [3.63, 3.8) is 0 Å². The number of anilines is 1. The van der Waals surface area contributed by atoms with Gasteiger partial charge in [0.2, 0.25) is 10.0 Å².